The van der Waals surface area contributed by atoms with Gasteiger partial charge in [-0.2, -0.15) is 0 Å². The normalized spacial score (nSPS) is 19.4. The van der Waals surface area contributed by atoms with Crippen LogP contribution in [0.3, 0.4) is 0 Å². The molecule has 92 valence electrons. The van der Waals surface area contributed by atoms with E-state index in [2.05, 4.69) is 29.6 Å². The van der Waals surface area contributed by atoms with Crippen molar-refractivity contribution in [1.82, 2.24) is 5.32 Å². The van der Waals surface area contributed by atoms with Crippen molar-refractivity contribution in [3.63, 3.8) is 0 Å². The highest BCUT2D eigenvalue weighted by molar-refractivity contribution is 5.84. The number of benzene rings is 1. The molecule has 1 fully saturated rings. The molecule has 0 amide bonds. The van der Waals surface area contributed by atoms with Gasteiger partial charge in [0.1, 0.15) is 5.78 Å². The summed E-state index contributed by atoms with van der Waals surface area (Å²) >= 11 is 0. The lowest BCUT2D eigenvalue weighted by Crippen LogP contribution is -2.30. The summed E-state index contributed by atoms with van der Waals surface area (Å²) in [6, 6.07) is 10.7. The molecule has 1 aromatic carbocycles. The highest BCUT2D eigenvalue weighted by atomic mass is 16.1. The number of carbonyl (C=O) groups is 1. The molecule has 1 aliphatic rings. The smallest absolute Gasteiger partial charge is 0.149 e. The van der Waals surface area contributed by atoms with Crippen molar-refractivity contribution in [3.8, 4) is 0 Å². The van der Waals surface area contributed by atoms with Gasteiger partial charge in [-0.25, -0.2) is 0 Å². The monoisotopic (exact) mass is 231 g/mol. The first-order valence-electron chi connectivity index (χ1n) is 6.66. The van der Waals surface area contributed by atoms with Gasteiger partial charge in [-0.15, -0.1) is 0 Å². The molecule has 1 heterocycles. The zero-order chi connectivity index (χ0) is 11.9. The molecule has 0 radical (unpaired) electrons. The van der Waals surface area contributed by atoms with Crippen LogP contribution in [-0.4, -0.2) is 18.4 Å². The molecular formula is C15H21NO. The number of hydrogen-bond donors (Lipinski definition) is 1. The average Bonchev–Trinajstić information content (AvgIpc) is 2.89. The van der Waals surface area contributed by atoms with Crippen molar-refractivity contribution < 1.29 is 4.79 Å². The number of rotatable bonds is 6. The molecule has 1 atom stereocenters. The lowest BCUT2D eigenvalue weighted by atomic mass is 10.0. The molecule has 2 nitrogen and oxygen atoms in total. The number of hydrogen-bond acceptors (Lipinski definition) is 2. The van der Waals surface area contributed by atoms with Gasteiger partial charge < -0.3 is 5.32 Å². The first kappa shape index (κ1) is 12.3. The molecule has 1 saturated heterocycles. The van der Waals surface area contributed by atoms with Gasteiger partial charge >= 0.3 is 0 Å². The Kier molecular flexibility index (Phi) is 4.75. The first-order chi connectivity index (χ1) is 8.36. The van der Waals surface area contributed by atoms with E-state index in [1.165, 1.54) is 5.56 Å². The minimum atomic E-state index is 0.159. The van der Waals surface area contributed by atoms with Crippen LogP contribution in [0.4, 0.5) is 0 Å². The number of Topliss-reactive ketones (excluding diaryl/α,β-unsaturated/α-hetero) is 1. The molecule has 2 rings (SSSR count). The van der Waals surface area contributed by atoms with E-state index in [4.69, 9.17) is 0 Å². The average molecular weight is 231 g/mol. The summed E-state index contributed by atoms with van der Waals surface area (Å²) in [5.41, 5.74) is 1.37. The number of unbranched alkanes of at least 4 members (excludes halogenated alkanes) is 1. The third kappa shape index (κ3) is 3.97. The van der Waals surface area contributed by atoms with Crippen LogP contribution in [0.1, 0.15) is 37.7 Å². The second-order valence-electron chi connectivity index (χ2n) is 4.81. The highest BCUT2D eigenvalue weighted by Crippen LogP contribution is 2.11. The van der Waals surface area contributed by atoms with Gasteiger partial charge in [0.15, 0.2) is 0 Å². The van der Waals surface area contributed by atoms with E-state index >= 15 is 0 Å². The Labute approximate surface area is 103 Å². The van der Waals surface area contributed by atoms with Gasteiger partial charge in [0.25, 0.3) is 0 Å². The summed E-state index contributed by atoms with van der Waals surface area (Å²) in [6.45, 7) is 1.01. The Morgan fingerprint density at radius 1 is 1.24 bits per heavy atom. The maximum Gasteiger partial charge on any atom is 0.149 e. The van der Waals surface area contributed by atoms with Crippen molar-refractivity contribution in [3.05, 3.63) is 35.9 Å². The largest absolute Gasteiger partial charge is 0.307 e. The predicted molar refractivity (Wildman–Crippen MR) is 70.0 cm³/mol. The van der Waals surface area contributed by atoms with Crippen molar-refractivity contribution in [2.45, 2.75) is 44.6 Å². The topological polar surface area (TPSA) is 29.1 Å². The third-order valence-electron chi connectivity index (χ3n) is 3.43. The maximum absolute atomic E-state index is 11.8. The van der Waals surface area contributed by atoms with Crippen LogP contribution in [0.2, 0.25) is 0 Å². The minimum Gasteiger partial charge on any atom is -0.307 e. The molecule has 0 bridgehead atoms. The van der Waals surface area contributed by atoms with Crippen LogP contribution < -0.4 is 5.32 Å². The van der Waals surface area contributed by atoms with Crippen LogP contribution in [-0.2, 0) is 11.2 Å². The standard InChI is InChI=1S/C15H21NO/c17-15(14-10-6-12-16-14)11-5-4-9-13-7-2-1-3-8-13/h1-3,7-8,14,16H,4-6,9-12H2/t14-/m0/s1. The van der Waals surface area contributed by atoms with E-state index in [1.807, 2.05) is 6.07 Å². The fraction of sp³-hybridized carbons (Fsp3) is 0.533. The van der Waals surface area contributed by atoms with Crippen molar-refractivity contribution >= 4 is 5.78 Å². The number of ketones is 1. The summed E-state index contributed by atoms with van der Waals surface area (Å²) in [5, 5.41) is 3.27. The Morgan fingerprint density at radius 3 is 2.76 bits per heavy atom. The van der Waals surface area contributed by atoms with Crippen LogP contribution >= 0.6 is 0 Å². The Bertz CT molecular complexity index is 341. The molecule has 0 spiro atoms. The summed E-state index contributed by atoms with van der Waals surface area (Å²) in [5.74, 6) is 0.413. The number of nitrogens with one attached hydrogen (secondary N) is 1. The summed E-state index contributed by atoms with van der Waals surface area (Å²) in [7, 11) is 0. The summed E-state index contributed by atoms with van der Waals surface area (Å²) < 4.78 is 0. The molecule has 0 aliphatic carbocycles. The summed E-state index contributed by atoms with van der Waals surface area (Å²) in [6.07, 6.45) is 6.16. The molecule has 0 aromatic heterocycles. The van der Waals surface area contributed by atoms with Crippen molar-refractivity contribution in [2.24, 2.45) is 0 Å². The molecule has 2 heteroatoms. The lowest BCUT2D eigenvalue weighted by Gasteiger charge is -2.08. The summed E-state index contributed by atoms with van der Waals surface area (Å²) in [4.78, 5) is 11.8. The fourth-order valence-corrected chi connectivity index (χ4v) is 2.41. The molecule has 17 heavy (non-hydrogen) atoms. The van der Waals surface area contributed by atoms with Gasteiger partial charge in [-0.3, -0.25) is 4.79 Å². The molecule has 1 aliphatic heterocycles. The zero-order valence-electron chi connectivity index (χ0n) is 10.3. The fourth-order valence-electron chi connectivity index (χ4n) is 2.41. The van der Waals surface area contributed by atoms with Gasteiger partial charge in [0.05, 0.1) is 6.04 Å². The van der Waals surface area contributed by atoms with E-state index in [9.17, 15) is 4.79 Å². The highest BCUT2D eigenvalue weighted by Gasteiger charge is 2.20. The SMILES string of the molecule is O=C(CCCCc1ccccc1)[C@@H]1CCCN1. The van der Waals surface area contributed by atoms with Gasteiger partial charge in [-0.1, -0.05) is 30.3 Å². The van der Waals surface area contributed by atoms with Crippen molar-refractivity contribution in [2.75, 3.05) is 6.54 Å². The molecule has 1 aromatic rings. The minimum absolute atomic E-state index is 0.159. The van der Waals surface area contributed by atoms with E-state index in [1.54, 1.807) is 0 Å². The van der Waals surface area contributed by atoms with Gasteiger partial charge in [-0.05, 0) is 44.2 Å². The van der Waals surface area contributed by atoms with Crippen LogP contribution in [0.5, 0.6) is 0 Å². The maximum atomic E-state index is 11.8. The second-order valence-corrected chi connectivity index (χ2v) is 4.81. The zero-order valence-corrected chi connectivity index (χ0v) is 10.3. The number of carbonyl (C=O) groups excluding carboxylic acids is 1. The first-order valence-corrected chi connectivity index (χ1v) is 6.66. The van der Waals surface area contributed by atoms with E-state index < -0.39 is 0 Å². The predicted octanol–water partition coefficient (Wildman–Crippen LogP) is 2.72. The van der Waals surface area contributed by atoms with Gasteiger partial charge in [0.2, 0.25) is 0 Å². The van der Waals surface area contributed by atoms with E-state index in [0.717, 1.165) is 45.1 Å². The van der Waals surface area contributed by atoms with Crippen LogP contribution in [0.15, 0.2) is 30.3 Å². The third-order valence-corrected chi connectivity index (χ3v) is 3.43. The van der Waals surface area contributed by atoms with Crippen LogP contribution in [0, 0.1) is 0 Å². The quantitative estimate of drug-likeness (QED) is 0.763. The van der Waals surface area contributed by atoms with E-state index in [0.29, 0.717) is 5.78 Å². The van der Waals surface area contributed by atoms with Crippen LogP contribution in [0.25, 0.3) is 0 Å². The Balaban J connectivity index is 1.61. The number of aryl methyl sites for hydroxylation is 1. The lowest BCUT2D eigenvalue weighted by molar-refractivity contribution is -0.120. The van der Waals surface area contributed by atoms with Crippen molar-refractivity contribution in [1.29, 1.82) is 0 Å². The Hall–Kier alpha value is -1.15. The molecule has 0 unspecified atom stereocenters. The molecular weight excluding hydrogens is 210 g/mol. The molecule has 0 saturated carbocycles. The van der Waals surface area contributed by atoms with E-state index in [-0.39, 0.29) is 6.04 Å². The Morgan fingerprint density at radius 2 is 2.06 bits per heavy atom. The second kappa shape index (κ2) is 6.55. The van der Waals surface area contributed by atoms with Gasteiger partial charge in [0, 0.05) is 6.42 Å². The molecule has 1 N–H and O–H groups in total.